The summed E-state index contributed by atoms with van der Waals surface area (Å²) >= 11 is 0.925. The highest BCUT2D eigenvalue weighted by atomic mass is 32.2. The number of nitriles is 1. The van der Waals surface area contributed by atoms with Crippen molar-refractivity contribution in [2.45, 2.75) is 4.21 Å². The molecule has 27 heavy (non-hydrogen) atoms. The summed E-state index contributed by atoms with van der Waals surface area (Å²) in [6.45, 7) is 1.25. The van der Waals surface area contributed by atoms with Crippen LogP contribution in [0.4, 0.5) is 0 Å². The Hall–Kier alpha value is -2.51. The molecule has 0 unspecified atom stereocenters. The van der Waals surface area contributed by atoms with Crippen LogP contribution in [0.25, 0.3) is 11.6 Å². The molecule has 0 spiro atoms. The van der Waals surface area contributed by atoms with Crippen molar-refractivity contribution in [2.24, 2.45) is 0 Å². The average Bonchev–Trinajstić information content (AvgIpc) is 3.17. The Labute approximate surface area is 160 Å². The lowest BCUT2D eigenvalue weighted by atomic mass is 10.1. The molecule has 1 aromatic carbocycles. The highest BCUT2D eigenvalue weighted by Crippen LogP contribution is 2.31. The highest BCUT2D eigenvalue weighted by Gasteiger charge is 2.28. The van der Waals surface area contributed by atoms with Crippen LogP contribution in [0.1, 0.15) is 16.0 Å². The van der Waals surface area contributed by atoms with Crippen molar-refractivity contribution in [3.05, 3.63) is 52.4 Å². The van der Waals surface area contributed by atoms with Crippen LogP contribution in [0.15, 0.2) is 40.6 Å². The zero-order valence-electron chi connectivity index (χ0n) is 14.2. The molecule has 3 rings (SSSR count). The molecule has 1 aliphatic heterocycles. The normalized spacial score (nSPS) is 16.0. The molecular weight excluding hydrogens is 388 g/mol. The third-order valence-corrected chi connectivity index (χ3v) is 7.48. The number of carbonyl (C=O) groups is 1. The standard InChI is InChI=1S/C18H16N2O5S2/c19-12-14-3-1-13(2-4-14)11-15(18(21)22)16-5-6-17(26-16)27(23,24)20-7-9-25-10-8-20/h1-6,11H,7-10H2,(H,21,22). The van der Waals surface area contributed by atoms with Crippen LogP contribution in [0, 0.1) is 11.3 Å². The fraction of sp³-hybridized carbons (Fsp3) is 0.222. The number of hydrogen-bond donors (Lipinski definition) is 1. The monoisotopic (exact) mass is 404 g/mol. The fourth-order valence-electron chi connectivity index (χ4n) is 2.58. The second-order valence-corrected chi connectivity index (χ2v) is 8.98. The van der Waals surface area contributed by atoms with Gasteiger partial charge in [-0.3, -0.25) is 0 Å². The Morgan fingerprint density at radius 3 is 2.44 bits per heavy atom. The van der Waals surface area contributed by atoms with Crippen LogP contribution in [0.5, 0.6) is 0 Å². The number of carboxylic acid groups (broad SMARTS) is 1. The first kappa shape index (κ1) is 19.3. The summed E-state index contributed by atoms with van der Waals surface area (Å²) in [4.78, 5) is 12.0. The number of morpholine rings is 1. The van der Waals surface area contributed by atoms with E-state index in [9.17, 15) is 18.3 Å². The average molecular weight is 404 g/mol. The van der Waals surface area contributed by atoms with E-state index in [1.54, 1.807) is 24.3 Å². The molecule has 1 aliphatic rings. The number of nitrogens with zero attached hydrogens (tertiary/aromatic N) is 2. The first-order valence-corrected chi connectivity index (χ1v) is 10.3. The summed E-state index contributed by atoms with van der Waals surface area (Å²) in [5, 5.41) is 18.4. The lowest BCUT2D eigenvalue weighted by Gasteiger charge is -2.25. The lowest BCUT2D eigenvalue weighted by molar-refractivity contribution is -0.130. The third kappa shape index (κ3) is 4.26. The molecule has 0 radical (unpaired) electrons. The minimum Gasteiger partial charge on any atom is -0.478 e. The smallest absolute Gasteiger partial charge is 0.337 e. The maximum absolute atomic E-state index is 12.7. The molecule has 0 aliphatic carbocycles. The van der Waals surface area contributed by atoms with Crippen molar-refractivity contribution in [2.75, 3.05) is 26.3 Å². The van der Waals surface area contributed by atoms with Gasteiger partial charge in [-0.25, -0.2) is 13.2 Å². The summed E-state index contributed by atoms with van der Waals surface area (Å²) in [5.74, 6) is -1.16. The number of ether oxygens (including phenoxy) is 1. The molecule has 1 fully saturated rings. The molecule has 7 nitrogen and oxygen atoms in total. The van der Waals surface area contributed by atoms with Crippen LogP contribution >= 0.6 is 11.3 Å². The Morgan fingerprint density at radius 1 is 1.19 bits per heavy atom. The van der Waals surface area contributed by atoms with E-state index in [-0.39, 0.29) is 22.9 Å². The van der Waals surface area contributed by atoms with Crippen molar-refractivity contribution in [1.82, 2.24) is 4.31 Å². The molecule has 0 bridgehead atoms. The topological polar surface area (TPSA) is 108 Å². The van der Waals surface area contributed by atoms with E-state index in [1.165, 1.54) is 22.5 Å². The van der Waals surface area contributed by atoms with Gasteiger partial charge in [-0.1, -0.05) is 12.1 Å². The molecule has 9 heteroatoms. The van der Waals surface area contributed by atoms with E-state index in [1.807, 2.05) is 6.07 Å². The van der Waals surface area contributed by atoms with Gasteiger partial charge < -0.3 is 9.84 Å². The molecule has 1 saturated heterocycles. The quantitative estimate of drug-likeness (QED) is 0.766. The maximum atomic E-state index is 12.7. The van der Waals surface area contributed by atoms with Gasteiger partial charge in [-0.15, -0.1) is 11.3 Å². The van der Waals surface area contributed by atoms with Crippen LogP contribution < -0.4 is 0 Å². The van der Waals surface area contributed by atoms with Gasteiger partial charge in [0.15, 0.2) is 0 Å². The van der Waals surface area contributed by atoms with Gasteiger partial charge in [-0.2, -0.15) is 9.57 Å². The number of rotatable bonds is 5. The van der Waals surface area contributed by atoms with Gasteiger partial charge in [-0.05, 0) is 35.9 Å². The highest BCUT2D eigenvalue weighted by molar-refractivity contribution is 7.91. The van der Waals surface area contributed by atoms with Crippen molar-refractivity contribution < 1.29 is 23.1 Å². The predicted molar refractivity (Wildman–Crippen MR) is 101 cm³/mol. The molecular formula is C18H16N2O5S2. The van der Waals surface area contributed by atoms with Crippen LogP contribution in [0.3, 0.4) is 0 Å². The Balaban J connectivity index is 1.92. The van der Waals surface area contributed by atoms with Gasteiger partial charge >= 0.3 is 5.97 Å². The molecule has 0 saturated carbocycles. The van der Waals surface area contributed by atoms with E-state index < -0.39 is 16.0 Å². The fourth-order valence-corrected chi connectivity index (χ4v) is 5.45. The Bertz CT molecular complexity index is 1010. The van der Waals surface area contributed by atoms with Gasteiger partial charge in [0, 0.05) is 18.0 Å². The molecule has 2 heterocycles. The van der Waals surface area contributed by atoms with Crippen LogP contribution in [0.2, 0.25) is 0 Å². The zero-order chi connectivity index (χ0) is 19.4. The summed E-state index contributed by atoms with van der Waals surface area (Å²) in [5.41, 5.74) is 1.07. The number of carboxylic acids is 1. The molecule has 1 aromatic heterocycles. The largest absolute Gasteiger partial charge is 0.478 e. The minimum absolute atomic E-state index is 0.00636. The van der Waals surface area contributed by atoms with Gasteiger partial charge in [0.05, 0.1) is 30.4 Å². The number of sulfonamides is 1. The minimum atomic E-state index is -3.67. The number of aliphatic carboxylic acids is 1. The Kier molecular flexibility index (Phi) is 5.72. The molecule has 2 aromatic rings. The number of hydrogen-bond acceptors (Lipinski definition) is 6. The van der Waals surface area contributed by atoms with Crippen molar-refractivity contribution in [3.8, 4) is 6.07 Å². The second-order valence-electron chi connectivity index (χ2n) is 5.73. The van der Waals surface area contributed by atoms with E-state index in [0.717, 1.165) is 11.3 Å². The third-order valence-electron chi connectivity index (χ3n) is 3.99. The van der Waals surface area contributed by atoms with Crippen LogP contribution in [-0.2, 0) is 19.6 Å². The van der Waals surface area contributed by atoms with Crippen molar-refractivity contribution in [3.63, 3.8) is 0 Å². The summed E-state index contributed by atoms with van der Waals surface area (Å²) < 4.78 is 32.0. The summed E-state index contributed by atoms with van der Waals surface area (Å²) in [6.07, 6.45) is 1.46. The molecule has 1 N–H and O–H groups in total. The number of thiophene rings is 1. The first-order chi connectivity index (χ1) is 12.9. The molecule has 0 atom stereocenters. The predicted octanol–water partition coefficient (Wildman–Crippen LogP) is 2.27. The summed E-state index contributed by atoms with van der Waals surface area (Å²) in [6, 6.07) is 11.4. The number of benzene rings is 1. The molecule has 140 valence electrons. The summed E-state index contributed by atoms with van der Waals surface area (Å²) in [7, 11) is -3.67. The van der Waals surface area contributed by atoms with Crippen LogP contribution in [-0.4, -0.2) is 50.1 Å². The lowest BCUT2D eigenvalue weighted by Crippen LogP contribution is -2.40. The van der Waals surface area contributed by atoms with E-state index in [4.69, 9.17) is 10.00 Å². The van der Waals surface area contributed by atoms with Crippen molar-refractivity contribution >= 4 is 39.0 Å². The maximum Gasteiger partial charge on any atom is 0.337 e. The van der Waals surface area contributed by atoms with E-state index >= 15 is 0 Å². The Morgan fingerprint density at radius 2 is 1.85 bits per heavy atom. The zero-order valence-corrected chi connectivity index (χ0v) is 15.8. The second kappa shape index (κ2) is 8.02. The molecule has 0 amide bonds. The SMILES string of the molecule is N#Cc1ccc(C=C(C(=O)O)c2ccc(S(=O)(=O)N3CCOCC3)s2)cc1. The van der Waals surface area contributed by atoms with Gasteiger partial charge in [0.2, 0.25) is 0 Å². The van der Waals surface area contributed by atoms with E-state index in [0.29, 0.717) is 29.2 Å². The van der Waals surface area contributed by atoms with Gasteiger partial charge in [0.25, 0.3) is 10.0 Å². The van der Waals surface area contributed by atoms with Gasteiger partial charge in [0.1, 0.15) is 4.21 Å². The van der Waals surface area contributed by atoms with Crippen molar-refractivity contribution in [1.29, 1.82) is 5.26 Å². The first-order valence-electron chi connectivity index (χ1n) is 8.05. The van der Waals surface area contributed by atoms with E-state index in [2.05, 4.69) is 0 Å².